The number of carbonyl (C=O) groups excluding carboxylic acids is 1. The third kappa shape index (κ3) is 5.94. The van der Waals surface area contributed by atoms with Crippen molar-refractivity contribution < 1.29 is 22.7 Å². The molecule has 4 nitrogen and oxygen atoms in total. The predicted molar refractivity (Wildman–Crippen MR) is 137 cm³/mol. The highest BCUT2D eigenvalue weighted by atomic mass is 35.5. The Morgan fingerprint density at radius 2 is 1.62 bits per heavy atom. The topological polar surface area (TPSA) is 32.8 Å². The lowest BCUT2D eigenvalue weighted by Crippen LogP contribution is -2.42. The lowest BCUT2D eigenvalue weighted by Gasteiger charge is -2.39. The third-order valence-electron chi connectivity index (χ3n) is 7.49. The number of amides is 1. The van der Waals surface area contributed by atoms with Crippen LogP contribution in [0, 0.1) is 5.41 Å². The molecule has 0 N–H and O–H groups in total. The van der Waals surface area contributed by atoms with Crippen molar-refractivity contribution in [3.05, 3.63) is 94.5 Å². The van der Waals surface area contributed by atoms with Gasteiger partial charge in [0.25, 0.3) is 5.91 Å². The van der Waals surface area contributed by atoms with E-state index in [1.165, 1.54) is 12.1 Å². The molecule has 2 aliphatic heterocycles. The minimum Gasteiger partial charge on any atom is -0.457 e. The van der Waals surface area contributed by atoms with Gasteiger partial charge in [-0.3, -0.25) is 9.69 Å². The number of rotatable bonds is 5. The average molecular weight is 529 g/mol. The van der Waals surface area contributed by atoms with Gasteiger partial charge in [-0.1, -0.05) is 35.9 Å². The third-order valence-corrected chi connectivity index (χ3v) is 7.74. The van der Waals surface area contributed by atoms with E-state index in [0.717, 1.165) is 63.1 Å². The largest absolute Gasteiger partial charge is 0.457 e. The number of nitrogens with zero attached hydrogens (tertiary/aromatic N) is 2. The molecule has 8 heteroatoms. The Balaban J connectivity index is 1.19. The Kier molecular flexibility index (Phi) is 7.19. The second-order valence-electron chi connectivity index (χ2n) is 10.00. The molecule has 0 unspecified atom stereocenters. The second-order valence-corrected chi connectivity index (χ2v) is 10.4. The van der Waals surface area contributed by atoms with Gasteiger partial charge in [-0.15, -0.1) is 0 Å². The van der Waals surface area contributed by atoms with E-state index >= 15 is 0 Å². The van der Waals surface area contributed by atoms with Crippen LogP contribution in [-0.4, -0.2) is 41.9 Å². The lowest BCUT2D eigenvalue weighted by molar-refractivity contribution is -0.137. The number of benzene rings is 3. The summed E-state index contributed by atoms with van der Waals surface area (Å²) in [6.45, 7) is 3.95. The van der Waals surface area contributed by atoms with Crippen molar-refractivity contribution in [2.45, 2.75) is 32.0 Å². The van der Waals surface area contributed by atoms with E-state index in [2.05, 4.69) is 4.90 Å². The molecule has 2 fully saturated rings. The molecule has 3 aromatic carbocycles. The first-order valence-corrected chi connectivity index (χ1v) is 12.8. The van der Waals surface area contributed by atoms with Crippen molar-refractivity contribution in [2.75, 3.05) is 26.2 Å². The van der Waals surface area contributed by atoms with Crippen LogP contribution in [0.15, 0.2) is 72.8 Å². The minimum atomic E-state index is -4.42. The number of likely N-dealkylation sites (tertiary alicyclic amines) is 2. The van der Waals surface area contributed by atoms with Crippen LogP contribution < -0.4 is 4.74 Å². The molecule has 0 bridgehead atoms. The van der Waals surface area contributed by atoms with Crippen LogP contribution in [0.5, 0.6) is 11.5 Å². The summed E-state index contributed by atoms with van der Waals surface area (Å²) in [5.41, 5.74) is 0.995. The fourth-order valence-electron chi connectivity index (χ4n) is 5.31. The number of piperidine rings is 1. The maximum absolute atomic E-state index is 13.1. The molecule has 0 aliphatic carbocycles. The Morgan fingerprint density at radius 3 is 2.35 bits per heavy atom. The molecule has 0 saturated carbocycles. The van der Waals surface area contributed by atoms with Crippen molar-refractivity contribution >= 4 is 17.5 Å². The van der Waals surface area contributed by atoms with Crippen LogP contribution in [0.4, 0.5) is 13.2 Å². The molecule has 0 aromatic heterocycles. The van der Waals surface area contributed by atoms with Crippen LogP contribution in [0.2, 0.25) is 5.02 Å². The summed E-state index contributed by atoms with van der Waals surface area (Å²) >= 11 is 5.96. The lowest BCUT2D eigenvalue weighted by atomic mass is 9.77. The highest BCUT2D eigenvalue weighted by Gasteiger charge is 2.42. The van der Waals surface area contributed by atoms with Crippen molar-refractivity contribution in [1.82, 2.24) is 9.80 Å². The smallest absolute Gasteiger partial charge is 0.416 e. The van der Waals surface area contributed by atoms with E-state index in [4.69, 9.17) is 16.3 Å². The number of halogens is 4. The van der Waals surface area contributed by atoms with Crippen LogP contribution in [0.25, 0.3) is 0 Å². The molecule has 2 saturated heterocycles. The van der Waals surface area contributed by atoms with Gasteiger partial charge in [0.15, 0.2) is 0 Å². The van der Waals surface area contributed by atoms with E-state index in [9.17, 15) is 18.0 Å². The number of para-hydroxylation sites is 1. The van der Waals surface area contributed by atoms with Gasteiger partial charge in [-0.2, -0.15) is 13.2 Å². The maximum Gasteiger partial charge on any atom is 0.416 e. The van der Waals surface area contributed by atoms with E-state index in [1.807, 2.05) is 23.1 Å². The highest BCUT2D eigenvalue weighted by molar-refractivity contribution is 6.30. The standard InChI is InChI=1S/C29H28ClF3N2O2/c30-24-10-8-21(9-11-24)27(36)35-17-14-28(20-35)12-15-34(16-13-28)19-22-4-1-2-7-26(22)37-25-6-3-5-23(18-25)29(31,32)33/h1-11,18H,12-17,19-20H2. The fourth-order valence-corrected chi connectivity index (χ4v) is 5.44. The number of hydrogen-bond acceptors (Lipinski definition) is 3. The van der Waals surface area contributed by atoms with E-state index in [-0.39, 0.29) is 17.1 Å². The zero-order chi connectivity index (χ0) is 26.0. The molecule has 0 atom stereocenters. The zero-order valence-electron chi connectivity index (χ0n) is 20.3. The Morgan fingerprint density at radius 1 is 0.919 bits per heavy atom. The molecule has 3 aromatic rings. The Bertz CT molecular complexity index is 1250. The normalized spacial score (nSPS) is 17.8. The summed E-state index contributed by atoms with van der Waals surface area (Å²) in [6.07, 6.45) is -1.44. The monoisotopic (exact) mass is 528 g/mol. The molecule has 2 heterocycles. The highest BCUT2D eigenvalue weighted by Crippen LogP contribution is 2.41. The van der Waals surface area contributed by atoms with Gasteiger partial charge in [0, 0.05) is 35.8 Å². The first-order chi connectivity index (χ1) is 17.7. The molecule has 5 rings (SSSR count). The quantitative estimate of drug-likeness (QED) is 0.349. The minimum absolute atomic E-state index is 0.0524. The summed E-state index contributed by atoms with van der Waals surface area (Å²) in [6, 6.07) is 19.5. The Hall–Kier alpha value is -3.03. The fraction of sp³-hybridized carbons (Fsp3) is 0.345. The molecule has 1 amide bonds. The Labute approximate surface area is 219 Å². The molecule has 0 radical (unpaired) electrons. The molecule has 37 heavy (non-hydrogen) atoms. The van der Waals surface area contributed by atoms with Gasteiger partial charge in [-0.25, -0.2) is 0 Å². The summed E-state index contributed by atoms with van der Waals surface area (Å²) in [4.78, 5) is 17.3. The second kappa shape index (κ2) is 10.4. The van der Waals surface area contributed by atoms with Gasteiger partial charge in [0.05, 0.1) is 5.56 Å². The van der Waals surface area contributed by atoms with E-state index in [0.29, 0.717) is 22.9 Å². The molecule has 194 valence electrons. The average Bonchev–Trinajstić information content (AvgIpc) is 3.30. The number of hydrogen-bond donors (Lipinski definition) is 0. The maximum atomic E-state index is 13.1. The van der Waals surface area contributed by atoms with Crippen molar-refractivity contribution in [1.29, 1.82) is 0 Å². The van der Waals surface area contributed by atoms with Crippen molar-refractivity contribution in [3.63, 3.8) is 0 Å². The van der Waals surface area contributed by atoms with Gasteiger partial charge < -0.3 is 9.64 Å². The number of ether oxygens (including phenoxy) is 1. The van der Waals surface area contributed by atoms with Gasteiger partial charge in [0.1, 0.15) is 11.5 Å². The van der Waals surface area contributed by atoms with Crippen molar-refractivity contribution in [3.8, 4) is 11.5 Å². The summed E-state index contributed by atoms with van der Waals surface area (Å²) in [7, 11) is 0. The molecule has 1 spiro atoms. The summed E-state index contributed by atoms with van der Waals surface area (Å²) < 4.78 is 45.2. The van der Waals surface area contributed by atoms with E-state index in [1.54, 1.807) is 30.3 Å². The SMILES string of the molecule is O=C(c1ccc(Cl)cc1)N1CCC2(CCN(Cc3ccccc3Oc3cccc(C(F)(F)F)c3)CC2)C1. The van der Waals surface area contributed by atoms with Crippen molar-refractivity contribution in [2.24, 2.45) is 5.41 Å². The number of carbonyl (C=O) groups is 1. The zero-order valence-corrected chi connectivity index (χ0v) is 21.1. The van der Waals surface area contributed by atoms with Gasteiger partial charge in [-0.05, 0) is 86.3 Å². The van der Waals surface area contributed by atoms with Crippen LogP contribution in [-0.2, 0) is 12.7 Å². The van der Waals surface area contributed by atoms with Gasteiger partial charge in [0.2, 0.25) is 0 Å². The number of alkyl halides is 3. The summed E-state index contributed by atoms with van der Waals surface area (Å²) in [5, 5.41) is 0.614. The van der Waals surface area contributed by atoms with Crippen LogP contribution >= 0.6 is 11.6 Å². The predicted octanol–water partition coefficient (Wildman–Crippen LogP) is 7.28. The molecule has 2 aliphatic rings. The van der Waals surface area contributed by atoms with Crippen LogP contribution in [0.1, 0.15) is 40.7 Å². The van der Waals surface area contributed by atoms with Gasteiger partial charge >= 0.3 is 6.18 Å². The molecular formula is C29H28ClF3N2O2. The first-order valence-electron chi connectivity index (χ1n) is 12.4. The van der Waals surface area contributed by atoms with E-state index < -0.39 is 11.7 Å². The first kappa shape index (κ1) is 25.6. The molecular weight excluding hydrogens is 501 g/mol. The summed E-state index contributed by atoms with van der Waals surface area (Å²) in [5.74, 6) is 0.774. The van der Waals surface area contributed by atoms with Crippen LogP contribution in [0.3, 0.4) is 0 Å².